The van der Waals surface area contributed by atoms with E-state index in [2.05, 4.69) is 25.1 Å². The van der Waals surface area contributed by atoms with Crippen LogP contribution in [0.5, 0.6) is 0 Å². The van der Waals surface area contributed by atoms with Crippen LogP contribution in [0.15, 0.2) is 47.3 Å². The maximum atomic E-state index is 5.60. The first-order chi connectivity index (χ1) is 13.8. The highest BCUT2D eigenvalue weighted by molar-refractivity contribution is 5.58. The lowest BCUT2D eigenvalue weighted by Crippen LogP contribution is -2.33. The maximum absolute atomic E-state index is 5.60. The van der Waals surface area contributed by atoms with E-state index in [0.29, 0.717) is 5.92 Å². The molecule has 142 valence electrons. The van der Waals surface area contributed by atoms with Gasteiger partial charge in [0.15, 0.2) is 11.5 Å². The average Bonchev–Trinajstić information content (AvgIpc) is 3.35. The van der Waals surface area contributed by atoms with E-state index in [-0.39, 0.29) is 0 Å². The van der Waals surface area contributed by atoms with Gasteiger partial charge < -0.3 is 4.42 Å². The molecule has 4 aromatic rings. The lowest BCUT2D eigenvalue weighted by Gasteiger charge is -2.29. The Morgan fingerprint density at radius 3 is 2.75 bits per heavy atom. The molecule has 1 aliphatic heterocycles. The minimum absolute atomic E-state index is 0.342. The van der Waals surface area contributed by atoms with E-state index < -0.39 is 0 Å². The van der Waals surface area contributed by atoms with E-state index in [0.717, 1.165) is 66.9 Å². The smallest absolute Gasteiger partial charge is 0.208 e. The summed E-state index contributed by atoms with van der Waals surface area (Å²) in [5.74, 6) is 2.92. The molecule has 0 N–H and O–H groups in total. The number of hydrogen-bond acceptors (Lipinski definition) is 7. The van der Waals surface area contributed by atoms with Crippen LogP contribution in [0.1, 0.15) is 36.2 Å². The van der Waals surface area contributed by atoms with Crippen molar-refractivity contribution in [3.8, 4) is 11.3 Å². The summed E-state index contributed by atoms with van der Waals surface area (Å²) in [4.78, 5) is 10.9. The van der Waals surface area contributed by atoms with Crippen LogP contribution < -0.4 is 0 Å². The van der Waals surface area contributed by atoms with Gasteiger partial charge in [-0.05, 0) is 57.1 Å². The lowest BCUT2D eigenvalue weighted by atomic mass is 9.96. The predicted octanol–water partition coefficient (Wildman–Crippen LogP) is 2.86. The quantitative estimate of drug-likeness (QED) is 0.542. The largest absolute Gasteiger partial charge is 0.445 e. The Labute approximate surface area is 162 Å². The second-order valence-electron chi connectivity index (χ2n) is 7.20. The molecule has 0 spiro atoms. The molecule has 5 rings (SSSR count). The number of pyridine rings is 1. The fraction of sp³-hybridized carbons (Fsp3) is 0.350. The highest BCUT2D eigenvalue weighted by Gasteiger charge is 2.26. The van der Waals surface area contributed by atoms with Crippen molar-refractivity contribution in [3.63, 3.8) is 0 Å². The molecular weight excluding hydrogens is 354 g/mol. The van der Waals surface area contributed by atoms with Gasteiger partial charge in [-0.3, -0.25) is 9.88 Å². The third-order valence-electron chi connectivity index (χ3n) is 5.22. The van der Waals surface area contributed by atoms with Gasteiger partial charge >= 0.3 is 0 Å². The van der Waals surface area contributed by atoms with E-state index in [1.165, 1.54) is 0 Å². The molecule has 8 heteroatoms. The number of likely N-dealkylation sites (tertiary alicyclic amines) is 1. The summed E-state index contributed by atoms with van der Waals surface area (Å²) < 4.78 is 7.49. The summed E-state index contributed by atoms with van der Waals surface area (Å²) in [5, 5.41) is 13.5. The van der Waals surface area contributed by atoms with Crippen LogP contribution in [0.3, 0.4) is 0 Å². The van der Waals surface area contributed by atoms with Crippen LogP contribution in [0, 0.1) is 6.92 Å². The molecule has 0 aromatic carbocycles. The van der Waals surface area contributed by atoms with Gasteiger partial charge in [0.2, 0.25) is 5.89 Å². The molecule has 28 heavy (non-hydrogen) atoms. The number of fused-ring (bicyclic) bond motifs is 1. The molecule has 1 aliphatic rings. The van der Waals surface area contributed by atoms with Crippen molar-refractivity contribution < 1.29 is 4.42 Å². The zero-order valence-electron chi connectivity index (χ0n) is 15.7. The molecule has 4 aromatic heterocycles. The summed E-state index contributed by atoms with van der Waals surface area (Å²) in [5.41, 5.74) is 2.64. The second kappa shape index (κ2) is 7.12. The van der Waals surface area contributed by atoms with Crippen LogP contribution in [-0.4, -0.2) is 47.8 Å². The van der Waals surface area contributed by atoms with Crippen molar-refractivity contribution in [2.75, 3.05) is 13.1 Å². The molecule has 0 aliphatic carbocycles. The van der Waals surface area contributed by atoms with Crippen LogP contribution in [0.4, 0.5) is 0 Å². The molecule has 5 heterocycles. The Kier molecular flexibility index (Phi) is 4.32. The number of piperidine rings is 1. The summed E-state index contributed by atoms with van der Waals surface area (Å²) >= 11 is 0. The Morgan fingerprint density at radius 2 is 2.00 bits per heavy atom. The topological polar surface area (TPSA) is 85.2 Å². The molecule has 0 saturated carbocycles. The number of nitrogens with zero attached hydrogens (tertiary/aromatic N) is 7. The Balaban J connectivity index is 1.34. The number of hydrogen-bond donors (Lipinski definition) is 0. The number of aromatic nitrogens is 6. The van der Waals surface area contributed by atoms with Crippen molar-refractivity contribution in [1.82, 2.24) is 34.7 Å². The zero-order valence-corrected chi connectivity index (χ0v) is 15.7. The molecule has 0 amide bonds. The molecule has 0 unspecified atom stereocenters. The Morgan fingerprint density at radius 1 is 1.11 bits per heavy atom. The highest BCUT2D eigenvalue weighted by Crippen LogP contribution is 2.28. The third kappa shape index (κ3) is 3.27. The van der Waals surface area contributed by atoms with Crippen molar-refractivity contribution in [2.24, 2.45) is 0 Å². The van der Waals surface area contributed by atoms with Gasteiger partial charge in [-0.1, -0.05) is 0 Å². The SMILES string of the molecule is Cc1cnc(CN2CCC(c3nnc4ccc(-c5cccnc5)nn34)CC2)o1. The van der Waals surface area contributed by atoms with E-state index in [4.69, 9.17) is 9.52 Å². The van der Waals surface area contributed by atoms with E-state index in [9.17, 15) is 0 Å². The lowest BCUT2D eigenvalue weighted by molar-refractivity contribution is 0.183. The van der Waals surface area contributed by atoms with Gasteiger partial charge in [-0.25, -0.2) is 4.98 Å². The zero-order chi connectivity index (χ0) is 18.9. The first-order valence-electron chi connectivity index (χ1n) is 9.53. The minimum atomic E-state index is 0.342. The van der Waals surface area contributed by atoms with Crippen molar-refractivity contribution in [1.29, 1.82) is 0 Å². The Bertz CT molecular complexity index is 1080. The number of oxazole rings is 1. The maximum Gasteiger partial charge on any atom is 0.208 e. The second-order valence-corrected chi connectivity index (χ2v) is 7.20. The molecule has 0 atom stereocenters. The van der Waals surface area contributed by atoms with E-state index >= 15 is 0 Å². The van der Waals surface area contributed by atoms with Gasteiger partial charge in [0.1, 0.15) is 5.76 Å². The normalized spacial score (nSPS) is 16.0. The standard InChI is InChI=1S/C20H21N7O/c1-14-11-22-19(28-14)13-26-9-6-15(7-10-26)20-24-23-18-5-4-17(25-27(18)20)16-3-2-8-21-12-16/h2-5,8,11-12,15H,6-7,9-10,13H2,1H3. The molecule has 1 fully saturated rings. The monoisotopic (exact) mass is 375 g/mol. The summed E-state index contributed by atoms with van der Waals surface area (Å²) in [6.45, 7) is 4.63. The molecule has 0 radical (unpaired) electrons. The van der Waals surface area contributed by atoms with Crippen LogP contribution in [-0.2, 0) is 6.54 Å². The first-order valence-corrected chi connectivity index (χ1v) is 9.53. The minimum Gasteiger partial charge on any atom is -0.445 e. The average molecular weight is 375 g/mol. The molecular formula is C20H21N7O. The summed E-state index contributed by atoms with van der Waals surface area (Å²) in [6.07, 6.45) is 7.38. The number of rotatable bonds is 4. The van der Waals surface area contributed by atoms with Crippen LogP contribution in [0.25, 0.3) is 16.9 Å². The van der Waals surface area contributed by atoms with Crippen LogP contribution >= 0.6 is 0 Å². The van der Waals surface area contributed by atoms with Gasteiger partial charge in [0, 0.05) is 23.9 Å². The Hall–Kier alpha value is -3.13. The van der Waals surface area contributed by atoms with Crippen molar-refractivity contribution in [2.45, 2.75) is 32.2 Å². The number of aryl methyl sites for hydroxylation is 1. The molecule has 8 nitrogen and oxygen atoms in total. The molecule has 1 saturated heterocycles. The van der Waals surface area contributed by atoms with Gasteiger partial charge in [-0.15, -0.1) is 10.2 Å². The van der Waals surface area contributed by atoms with Gasteiger partial charge in [-0.2, -0.15) is 9.61 Å². The fourth-order valence-electron chi connectivity index (χ4n) is 3.74. The third-order valence-corrected chi connectivity index (χ3v) is 5.22. The van der Waals surface area contributed by atoms with Crippen molar-refractivity contribution >= 4 is 5.65 Å². The van der Waals surface area contributed by atoms with Crippen LogP contribution in [0.2, 0.25) is 0 Å². The molecule has 0 bridgehead atoms. The van der Waals surface area contributed by atoms with Gasteiger partial charge in [0.05, 0.1) is 18.4 Å². The first kappa shape index (κ1) is 17.0. The van der Waals surface area contributed by atoms with Gasteiger partial charge in [0.25, 0.3) is 0 Å². The summed E-state index contributed by atoms with van der Waals surface area (Å²) in [6, 6.07) is 7.85. The van der Waals surface area contributed by atoms with Crippen molar-refractivity contribution in [3.05, 3.63) is 60.3 Å². The van der Waals surface area contributed by atoms with E-state index in [1.54, 1.807) is 12.4 Å². The van der Waals surface area contributed by atoms with E-state index in [1.807, 2.05) is 41.9 Å². The predicted molar refractivity (Wildman–Crippen MR) is 103 cm³/mol. The summed E-state index contributed by atoms with van der Waals surface area (Å²) in [7, 11) is 0. The fourth-order valence-corrected chi connectivity index (χ4v) is 3.74. The highest BCUT2D eigenvalue weighted by atomic mass is 16.4.